The summed E-state index contributed by atoms with van der Waals surface area (Å²) in [6, 6.07) is 0. The molecule has 0 unspecified atom stereocenters. The zero-order chi connectivity index (χ0) is 11.6. The van der Waals surface area contributed by atoms with Gasteiger partial charge in [0.15, 0.2) is 5.13 Å². The molecule has 16 heavy (non-hydrogen) atoms. The quantitative estimate of drug-likeness (QED) is 0.866. The maximum Gasteiger partial charge on any atom is 0.185 e. The van der Waals surface area contributed by atoms with Gasteiger partial charge in [-0.15, -0.1) is 11.3 Å². The van der Waals surface area contributed by atoms with E-state index in [1.54, 1.807) is 11.3 Å². The van der Waals surface area contributed by atoms with Crippen molar-refractivity contribution in [1.29, 1.82) is 0 Å². The predicted molar refractivity (Wildman–Crippen MR) is 65.3 cm³/mol. The third-order valence-electron chi connectivity index (χ3n) is 2.84. The molecular weight excluding hydrogens is 224 g/mol. The molecule has 0 bridgehead atoms. The number of aliphatic hydroxyl groups excluding tert-OH is 1. The van der Waals surface area contributed by atoms with Crippen LogP contribution in [0.5, 0.6) is 0 Å². The zero-order valence-corrected chi connectivity index (χ0v) is 10.6. The number of hydrogen-bond acceptors (Lipinski definition) is 5. The van der Waals surface area contributed by atoms with Gasteiger partial charge in [0.05, 0.1) is 19.8 Å². The van der Waals surface area contributed by atoms with Crippen molar-refractivity contribution in [3.63, 3.8) is 0 Å². The molecule has 1 aromatic heterocycles. The number of morpholine rings is 1. The molecule has 2 heterocycles. The summed E-state index contributed by atoms with van der Waals surface area (Å²) in [6.45, 7) is 7.58. The van der Waals surface area contributed by atoms with Crippen molar-refractivity contribution in [2.24, 2.45) is 0 Å². The molecule has 5 heteroatoms. The zero-order valence-electron chi connectivity index (χ0n) is 9.77. The minimum absolute atomic E-state index is 0.151. The number of aromatic nitrogens is 1. The molecule has 0 spiro atoms. The van der Waals surface area contributed by atoms with Gasteiger partial charge < -0.3 is 14.7 Å². The van der Waals surface area contributed by atoms with E-state index in [0.29, 0.717) is 0 Å². The van der Waals surface area contributed by atoms with E-state index in [1.807, 2.05) is 20.0 Å². The van der Waals surface area contributed by atoms with Crippen LogP contribution in [-0.2, 0) is 10.2 Å². The van der Waals surface area contributed by atoms with Crippen molar-refractivity contribution in [3.05, 3.63) is 11.1 Å². The molecule has 1 fully saturated rings. The Morgan fingerprint density at radius 2 is 2.19 bits per heavy atom. The molecule has 1 saturated heterocycles. The van der Waals surface area contributed by atoms with Crippen LogP contribution in [0.2, 0.25) is 0 Å². The molecular formula is C11H18N2O2S. The number of ether oxygens (including phenoxy) is 1. The van der Waals surface area contributed by atoms with Gasteiger partial charge in [-0.05, 0) is 0 Å². The molecule has 0 amide bonds. The average molecular weight is 242 g/mol. The predicted octanol–water partition coefficient (Wildman–Crippen LogP) is 1.25. The molecule has 2 rings (SSSR count). The van der Waals surface area contributed by atoms with Crippen molar-refractivity contribution >= 4 is 16.5 Å². The number of thiazole rings is 1. The van der Waals surface area contributed by atoms with E-state index in [9.17, 15) is 5.11 Å². The highest BCUT2D eigenvalue weighted by Crippen LogP contribution is 2.32. The third kappa shape index (κ3) is 2.36. The van der Waals surface area contributed by atoms with Crippen molar-refractivity contribution in [1.82, 2.24) is 4.98 Å². The number of rotatable bonds is 3. The fourth-order valence-corrected chi connectivity index (χ4v) is 2.62. The largest absolute Gasteiger partial charge is 0.395 e. The first kappa shape index (κ1) is 11.8. The summed E-state index contributed by atoms with van der Waals surface area (Å²) >= 11 is 1.67. The van der Waals surface area contributed by atoms with Gasteiger partial charge in [0, 0.05) is 29.6 Å². The summed E-state index contributed by atoms with van der Waals surface area (Å²) < 4.78 is 5.31. The second-order valence-corrected chi connectivity index (χ2v) is 5.66. The minimum atomic E-state index is -0.192. The van der Waals surface area contributed by atoms with E-state index in [4.69, 9.17) is 4.74 Å². The van der Waals surface area contributed by atoms with Gasteiger partial charge in [-0.1, -0.05) is 13.8 Å². The monoisotopic (exact) mass is 242 g/mol. The van der Waals surface area contributed by atoms with Gasteiger partial charge >= 0.3 is 0 Å². The summed E-state index contributed by atoms with van der Waals surface area (Å²) in [5.74, 6) is 0. The second kappa shape index (κ2) is 4.69. The highest BCUT2D eigenvalue weighted by molar-refractivity contribution is 7.15. The van der Waals surface area contributed by atoms with Crippen LogP contribution < -0.4 is 4.90 Å². The van der Waals surface area contributed by atoms with Crippen molar-refractivity contribution in [2.75, 3.05) is 37.8 Å². The first-order valence-electron chi connectivity index (χ1n) is 5.53. The Bertz CT molecular complexity index is 346. The molecule has 1 aliphatic rings. The second-order valence-electron chi connectivity index (χ2n) is 4.65. The van der Waals surface area contributed by atoms with Crippen LogP contribution in [0.4, 0.5) is 5.13 Å². The van der Waals surface area contributed by atoms with E-state index in [0.717, 1.165) is 36.3 Å². The first-order chi connectivity index (χ1) is 7.63. The summed E-state index contributed by atoms with van der Waals surface area (Å²) in [5, 5.41) is 10.4. The average Bonchev–Trinajstić information content (AvgIpc) is 2.80. The van der Waals surface area contributed by atoms with Gasteiger partial charge in [-0.3, -0.25) is 0 Å². The molecule has 0 atom stereocenters. The minimum Gasteiger partial charge on any atom is -0.395 e. The standard InChI is InChI=1S/C11H18N2O2S/c1-11(2,8-14)9-7-12-10(16-9)13-3-5-15-6-4-13/h7,14H,3-6,8H2,1-2H3. The fourth-order valence-electron chi connectivity index (χ4n) is 1.56. The van der Waals surface area contributed by atoms with Crippen LogP contribution in [0.3, 0.4) is 0 Å². The lowest BCUT2D eigenvalue weighted by Gasteiger charge is -2.26. The fraction of sp³-hybridized carbons (Fsp3) is 0.727. The molecule has 0 saturated carbocycles. The van der Waals surface area contributed by atoms with Gasteiger partial charge in [0.1, 0.15) is 0 Å². The number of nitrogens with zero attached hydrogens (tertiary/aromatic N) is 2. The van der Waals surface area contributed by atoms with Crippen molar-refractivity contribution in [2.45, 2.75) is 19.3 Å². The maximum absolute atomic E-state index is 9.31. The van der Waals surface area contributed by atoms with Crippen molar-refractivity contribution < 1.29 is 9.84 Å². The van der Waals surface area contributed by atoms with Crippen LogP contribution in [0, 0.1) is 0 Å². The smallest absolute Gasteiger partial charge is 0.185 e. The van der Waals surface area contributed by atoms with Gasteiger partial charge in [-0.2, -0.15) is 0 Å². The molecule has 4 nitrogen and oxygen atoms in total. The molecule has 1 N–H and O–H groups in total. The molecule has 0 aliphatic carbocycles. The molecule has 0 radical (unpaired) electrons. The Morgan fingerprint density at radius 1 is 1.50 bits per heavy atom. The highest BCUT2D eigenvalue weighted by atomic mass is 32.1. The summed E-state index contributed by atoms with van der Waals surface area (Å²) in [4.78, 5) is 7.81. The Morgan fingerprint density at radius 3 is 2.81 bits per heavy atom. The van der Waals surface area contributed by atoms with Crippen LogP contribution in [0.25, 0.3) is 0 Å². The summed E-state index contributed by atoms with van der Waals surface area (Å²) in [7, 11) is 0. The Labute approximate surface area is 99.9 Å². The van der Waals surface area contributed by atoms with Gasteiger partial charge in [0.2, 0.25) is 0 Å². The molecule has 90 valence electrons. The summed E-state index contributed by atoms with van der Waals surface area (Å²) in [5.41, 5.74) is -0.192. The normalized spacial score (nSPS) is 17.8. The highest BCUT2D eigenvalue weighted by Gasteiger charge is 2.24. The van der Waals surface area contributed by atoms with E-state index in [1.165, 1.54) is 0 Å². The SMILES string of the molecule is CC(C)(CO)c1cnc(N2CCOCC2)s1. The third-order valence-corrected chi connectivity index (χ3v) is 4.26. The maximum atomic E-state index is 9.31. The number of anilines is 1. The van der Waals surface area contributed by atoms with Crippen molar-refractivity contribution in [3.8, 4) is 0 Å². The lowest BCUT2D eigenvalue weighted by atomic mass is 9.94. The molecule has 1 aromatic rings. The number of aliphatic hydroxyl groups is 1. The van der Waals surface area contributed by atoms with Crippen LogP contribution >= 0.6 is 11.3 Å². The van der Waals surface area contributed by atoms with Crippen LogP contribution in [-0.4, -0.2) is 43.0 Å². The Balaban J connectivity index is 2.12. The van der Waals surface area contributed by atoms with Gasteiger partial charge in [-0.25, -0.2) is 4.98 Å². The molecule has 1 aliphatic heterocycles. The van der Waals surface area contributed by atoms with Gasteiger partial charge in [0.25, 0.3) is 0 Å². The van der Waals surface area contributed by atoms with E-state index in [-0.39, 0.29) is 12.0 Å². The van der Waals surface area contributed by atoms with Crippen LogP contribution in [0.15, 0.2) is 6.20 Å². The van der Waals surface area contributed by atoms with Crippen LogP contribution in [0.1, 0.15) is 18.7 Å². The Kier molecular flexibility index (Phi) is 3.47. The van der Waals surface area contributed by atoms with E-state index in [2.05, 4.69) is 9.88 Å². The topological polar surface area (TPSA) is 45.6 Å². The first-order valence-corrected chi connectivity index (χ1v) is 6.35. The Hall–Kier alpha value is -0.650. The summed E-state index contributed by atoms with van der Waals surface area (Å²) in [6.07, 6.45) is 1.88. The number of hydrogen-bond donors (Lipinski definition) is 1. The lowest BCUT2D eigenvalue weighted by molar-refractivity contribution is 0.122. The lowest BCUT2D eigenvalue weighted by Crippen LogP contribution is -2.36. The van der Waals surface area contributed by atoms with E-state index >= 15 is 0 Å². The van der Waals surface area contributed by atoms with E-state index < -0.39 is 0 Å². The molecule has 0 aromatic carbocycles.